The summed E-state index contributed by atoms with van der Waals surface area (Å²) >= 11 is 8.35. The van der Waals surface area contributed by atoms with Crippen molar-refractivity contribution in [2.24, 2.45) is 0 Å². The Bertz CT molecular complexity index is 441. The largest absolute Gasteiger partial charge is 0.486 e. The molecule has 0 aromatic carbocycles. The van der Waals surface area contributed by atoms with Crippen LogP contribution in [0.2, 0.25) is 0 Å². The van der Waals surface area contributed by atoms with Crippen molar-refractivity contribution in [3.8, 4) is 5.75 Å². The summed E-state index contributed by atoms with van der Waals surface area (Å²) in [5.74, 6) is 0.780. The molecule has 2 aromatic heterocycles. The second kappa shape index (κ2) is 5.09. The van der Waals surface area contributed by atoms with Crippen LogP contribution >= 0.6 is 43.2 Å². The van der Waals surface area contributed by atoms with Crippen molar-refractivity contribution in [1.82, 2.24) is 4.98 Å². The molecule has 0 aliphatic carbocycles. The number of aromatic nitrogens is 1. The third-order valence-electron chi connectivity index (χ3n) is 1.70. The zero-order valence-corrected chi connectivity index (χ0v) is 11.6. The molecule has 0 bridgehead atoms. The fourth-order valence-electron chi connectivity index (χ4n) is 1.03. The van der Waals surface area contributed by atoms with Crippen molar-refractivity contribution in [1.29, 1.82) is 0 Å². The van der Waals surface area contributed by atoms with Crippen molar-refractivity contribution < 1.29 is 4.74 Å². The van der Waals surface area contributed by atoms with Crippen LogP contribution in [0.3, 0.4) is 0 Å². The molecule has 0 saturated heterocycles. The number of ether oxygens (including phenoxy) is 1. The van der Waals surface area contributed by atoms with Gasteiger partial charge < -0.3 is 4.74 Å². The smallest absolute Gasteiger partial charge is 0.138 e. The Labute approximate surface area is 109 Å². The number of nitrogens with zero attached hydrogens (tertiary/aromatic N) is 1. The van der Waals surface area contributed by atoms with E-state index in [2.05, 4.69) is 42.9 Å². The normalized spacial score (nSPS) is 10.3. The first-order valence-electron chi connectivity index (χ1n) is 4.21. The Balaban J connectivity index is 1.96. The van der Waals surface area contributed by atoms with Crippen LogP contribution in [-0.2, 0) is 6.61 Å². The summed E-state index contributed by atoms with van der Waals surface area (Å²) in [4.78, 5) is 5.27. The Morgan fingerprint density at radius 1 is 1.33 bits per heavy atom. The van der Waals surface area contributed by atoms with Gasteiger partial charge in [-0.15, -0.1) is 11.3 Å². The number of halogens is 2. The second-order valence-electron chi connectivity index (χ2n) is 2.84. The first kappa shape index (κ1) is 11.1. The molecule has 0 amide bonds. The van der Waals surface area contributed by atoms with Crippen LogP contribution in [0.15, 0.2) is 38.9 Å². The van der Waals surface area contributed by atoms with Crippen LogP contribution in [0.25, 0.3) is 0 Å². The molecule has 0 aliphatic heterocycles. The highest BCUT2D eigenvalue weighted by Crippen LogP contribution is 2.21. The molecule has 0 spiro atoms. The number of thiophene rings is 1. The number of hydrogen-bond acceptors (Lipinski definition) is 3. The highest BCUT2D eigenvalue weighted by Gasteiger charge is 1.99. The molecule has 15 heavy (non-hydrogen) atoms. The van der Waals surface area contributed by atoms with Crippen LogP contribution in [-0.4, -0.2) is 4.98 Å². The second-order valence-corrected chi connectivity index (χ2v) is 5.56. The molecule has 2 nitrogen and oxygen atoms in total. The van der Waals surface area contributed by atoms with Crippen LogP contribution in [0.1, 0.15) is 4.88 Å². The van der Waals surface area contributed by atoms with Crippen LogP contribution in [0.5, 0.6) is 5.75 Å². The van der Waals surface area contributed by atoms with Gasteiger partial charge in [-0.25, -0.2) is 4.98 Å². The molecule has 2 aromatic rings. The minimum absolute atomic E-state index is 0.583. The maximum Gasteiger partial charge on any atom is 0.138 e. The average Bonchev–Trinajstić information content (AvgIpc) is 2.64. The molecule has 0 unspecified atom stereocenters. The van der Waals surface area contributed by atoms with Crippen molar-refractivity contribution in [2.45, 2.75) is 6.61 Å². The van der Waals surface area contributed by atoms with Gasteiger partial charge in [-0.2, -0.15) is 0 Å². The summed E-state index contributed by atoms with van der Waals surface area (Å²) in [6, 6.07) is 5.80. The van der Waals surface area contributed by atoms with Gasteiger partial charge >= 0.3 is 0 Å². The maximum atomic E-state index is 5.57. The number of pyridine rings is 1. The van der Waals surface area contributed by atoms with E-state index in [1.54, 1.807) is 17.5 Å². The summed E-state index contributed by atoms with van der Waals surface area (Å²) in [5, 5.41) is 2.04. The molecule has 0 saturated carbocycles. The molecular weight excluding hydrogens is 342 g/mol. The maximum absolute atomic E-state index is 5.57. The van der Waals surface area contributed by atoms with E-state index in [-0.39, 0.29) is 0 Å². The van der Waals surface area contributed by atoms with Gasteiger partial charge in [-0.1, -0.05) is 0 Å². The first-order chi connectivity index (χ1) is 7.24. The third-order valence-corrected chi connectivity index (χ3v) is 3.84. The van der Waals surface area contributed by atoms with Gasteiger partial charge in [0.15, 0.2) is 0 Å². The molecular formula is C10H7Br2NOS. The Morgan fingerprint density at radius 2 is 2.20 bits per heavy atom. The number of rotatable bonds is 3. The quantitative estimate of drug-likeness (QED) is 0.773. The van der Waals surface area contributed by atoms with Crippen molar-refractivity contribution >= 4 is 43.2 Å². The van der Waals surface area contributed by atoms with Gasteiger partial charge in [-0.05, 0) is 50.1 Å². The van der Waals surface area contributed by atoms with Crippen LogP contribution in [0.4, 0.5) is 0 Å². The average molecular weight is 349 g/mol. The minimum atomic E-state index is 0.583. The standard InChI is InChI=1S/C10H7Br2NOS/c11-7-3-9(15-6-7)5-14-8-1-2-10(12)13-4-8/h1-4,6H,5H2. The molecule has 0 N–H and O–H groups in total. The van der Waals surface area contributed by atoms with E-state index in [1.807, 2.05) is 17.5 Å². The fourth-order valence-corrected chi connectivity index (χ4v) is 2.63. The number of hydrogen-bond donors (Lipinski definition) is 0. The molecule has 0 radical (unpaired) electrons. The zero-order valence-electron chi connectivity index (χ0n) is 7.61. The molecule has 0 fully saturated rings. The predicted octanol–water partition coefficient (Wildman–Crippen LogP) is 4.25. The SMILES string of the molecule is Brc1csc(COc2ccc(Br)nc2)c1. The minimum Gasteiger partial charge on any atom is -0.486 e. The Hall–Kier alpha value is -0.390. The lowest BCUT2D eigenvalue weighted by molar-refractivity contribution is 0.308. The highest BCUT2D eigenvalue weighted by molar-refractivity contribution is 9.10. The summed E-state index contributed by atoms with van der Waals surface area (Å²) < 4.78 is 7.48. The van der Waals surface area contributed by atoms with Crippen LogP contribution in [0, 0.1) is 0 Å². The third kappa shape index (κ3) is 3.29. The Kier molecular flexibility index (Phi) is 3.77. The Morgan fingerprint density at radius 3 is 2.80 bits per heavy atom. The van der Waals surface area contributed by atoms with E-state index in [0.717, 1.165) is 14.8 Å². The highest BCUT2D eigenvalue weighted by atomic mass is 79.9. The lowest BCUT2D eigenvalue weighted by Gasteiger charge is -2.03. The van der Waals surface area contributed by atoms with E-state index >= 15 is 0 Å². The fraction of sp³-hybridized carbons (Fsp3) is 0.100. The van der Waals surface area contributed by atoms with Crippen LogP contribution < -0.4 is 4.74 Å². The van der Waals surface area contributed by atoms with E-state index in [0.29, 0.717) is 6.61 Å². The van der Waals surface area contributed by atoms with Gasteiger partial charge in [0.05, 0.1) is 6.20 Å². The summed E-state index contributed by atoms with van der Waals surface area (Å²) in [6.45, 7) is 0.583. The van der Waals surface area contributed by atoms with E-state index in [4.69, 9.17) is 4.74 Å². The summed E-state index contributed by atoms with van der Waals surface area (Å²) in [6.07, 6.45) is 1.70. The van der Waals surface area contributed by atoms with Gasteiger partial charge in [0.1, 0.15) is 17.0 Å². The van der Waals surface area contributed by atoms with E-state index in [1.165, 1.54) is 4.88 Å². The lowest BCUT2D eigenvalue weighted by Crippen LogP contribution is -1.92. The molecule has 2 rings (SSSR count). The first-order valence-corrected chi connectivity index (χ1v) is 6.68. The lowest BCUT2D eigenvalue weighted by atomic mass is 10.4. The summed E-state index contributed by atoms with van der Waals surface area (Å²) in [7, 11) is 0. The van der Waals surface area contributed by atoms with Gasteiger partial charge in [-0.3, -0.25) is 0 Å². The molecule has 2 heterocycles. The zero-order chi connectivity index (χ0) is 10.7. The predicted molar refractivity (Wildman–Crippen MR) is 68.3 cm³/mol. The van der Waals surface area contributed by atoms with Gasteiger partial charge in [0.25, 0.3) is 0 Å². The monoisotopic (exact) mass is 347 g/mol. The topological polar surface area (TPSA) is 22.1 Å². The molecule has 0 atom stereocenters. The van der Waals surface area contributed by atoms with Gasteiger partial charge in [0.2, 0.25) is 0 Å². The molecule has 78 valence electrons. The molecule has 0 aliphatic rings. The van der Waals surface area contributed by atoms with E-state index in [9.17, 15) is 0 Å². The van der Waals surface area contributed by atoms with Gasteiger partial charge in [0, 0.05) is 14.7 Å². The van der Waals surface area contributed by atoms with E-state index < -0.39 is 0 Å². The van der Waals surface area contributed by atoms with Crippen molar-refractivity contribution in [3.05, 3.63) is 43.7 Å². The van der Waals surface area contributed by atoms with Crippen molar-refractivity contribution in [3.63, 3.8) is 0 Å². The summed E-state index contributed by atoms with van der Waals surface area (Å²) in [5.41, 5.74) is 0. The molecule has 5 heteroatoms. The van der Waals surface area contributed by atoms with Crippen molar-refractivity contribution in [2.75, 3.05) is 0 Å².